The zero-order chi connectivity index (χ0) is 17.5. The Labute approximate surface area is 134 Å². The Kier molecular flexibility index (Phi) is 3.56. The zero-order valence-corrected chi connectivity index (χ0v) is 12.9. The van der Waals surface area contributed by atoms with Gasteiger partial charge in [-0.25, -0.2) is 22.9 Å². The minimum Gasteiger partial charge on any atom is -0.449 e. The number of ether oxygens (including phenoxy) is 1. The number of carbonyl (C=O) groups is 1. The standard InChI is InChI=1S/C13H10N4O6S/c1-24(21,22)8-2-3-10-9(4-8)11(18)16-12(15-10)17-6-7(5-14-17)23-13(19)20/h2-6H,1H3,(H,19,20)(H,15,16,18). The van der Waals surface area contributed by atoms with Gasteiger partial charge in [0, 0.05) is 6.26 Å². The Balaban J connectivity index is 2.10. The van der Waals surface area contributed by atoms with Gasteiger partial charge >= 0.3 is 6.16 Å². The van der Waals surface area contributed by atoms with Gasteiger partial charge in [0.25, 0.3) is 5.56 Å². The number of sulfone groups is 1. The summed E-state index contributed by atoms with van der Waals surface area (Å²) in [6.45, 7) is 0. The molecule has 10 nitrogen and oxygen atoms in total. The van der Waals surface area contributed by atoms with E-state index in [9.17, 15) is 18.0 Å². The summed E-state index contributed by atoms with van der Waals surface area (Å²) in [7, 11) is -3.45. The van der Waals surface area contributed by atoms with Gasteiger partial charge in [-0.3, -0.25) is 9.78 Å². The van der Waals surface area contributed by atoms with Crippen molar-refractivity contribution in [2.45, 2.75) is 4.90 Å². The molecule has 0 aliphatic rings. The van der Waals surface area contributed by atoms with Crippen LogP contribution in [0.25, 0.3) is 16.9 Å². The SMILES string of the molecule is CS(=O)(=O)c1ccc2nc(-n3cc(OC(=O)O)cn3)[nH]c(=O)c2c1. The highest BCUT2D eigenvalue weighted by Crippen LogP contribution is 2.16. The minimum atomic E-state index is -3.45. The summed E-state index contributed by atoms with van der Waals surface area (Å²) >= 11 is 0. The molecule has 0 saturated heterocycles. The summed E-state index contributed by atoms with van der Waals surface area (Å²) in [6.07, 6.45) is 1.91. The average Bonchev–Trinajstić information content (AvgIpc) is 2.93. The third kappa shape index (κ3) is 2.96. The second-order valence-electron chi connectivity index (χ2n) is 4.83. The van der Waals surface area contributed by atoms with Gasteiger partial charge in [-0.2, -0.15) is 5.10 Å². The molecule has 2 N–H and O–H groups in total. The van der Waals surface area contributed by atoms with Gasteiger partial charge in [-0.15, -0.1) is 0 Å². The molecule has 0 aliphatic heterocycles. The van der Waals surface area contributed by atoms with Crippen molar-refractivity contribution in [2.75, 3.05) is 6.26 Å². The van der Waals surface area contributed by atoms with E-state index < -0.39 is 21.6 Å². The highest BCUT2D eigenvalue weighted by molar-refractivity contribution is 7.90. The maximum Gasteiger partial charge on any atom is 0.511 e. The molecule has 0 fully saturated rings. The number of aromatic amines is 1. The van der Waals surface area contributed by atoms with Crippen LogP contribution < -0.4 is 10.3 Å². The van der Waals surface area contributed by atoms with E-state index >= 15 is 0 Å². The Bertz CT molecular complexity index is 1110. The molecular formula is C13H10N4O6S. The van der Waals surface area contributed by atoms with Crippen molar-refractivity contribution >= 4 is 26.9 Å². The fourth-order valence-electron chi connectivity index (χ4n) is 2.02. The highest BCUT2D eigenvalue weighted by atomic mass is 32.2. The molecule has 0 saturated carbocycles. The Hall–Kier alpha value is -3.21. The van der Waals surface area contributed by atoms with Crippen molar-refractivity contribution in [2.24, 2.45) is 0 Å². The first-order valence-electron chi connectivity index (χ1n) is 6.44. The van der Waals surface area contributed by atoms with Gasteiger partial charge in [0.05, 0.1) is 28.2 Å². The largest absolute Gasteiger partial charge is 0.511 e. The molecule has 124 valence electrons. The van der Waals surface area contributed by atoms with E-state index in [0.717, 1.165) is 17.1 Å². The summed E-state index contributed by atoms with van der Waals surface area (Å²) in [4.78, 5) is 29.3. The number of aromatic nitrogens is 4. The molecular weight excluding hydrogens is 340 g/mol. The first kappa shape index (κ1) is 15.7. The van der Waals surface area contributed by atoms with Crippen LogP contribution in [-0.4, -0.2) is 45.7 Å². The van der Waals surface area contributed by atoms with Gasteiger partial charge in [-0.1, -0.05) is 0 Å². The molecule has 3 aromatic rings. The third-order valence-corrected chi connectivity index (χ3v) is 4.18. The highest BCUT2D eigenvalue weighted by Gasteiger charge is 2.13. The molecule has 3 rings (SSSR count). The van der Waals surface area contributed by atoms with Crippen LogP contribution in [0.2, 0.25) is 0 Å². The van der Waals surface area contributed by atoms with Crippen LogP contribution >= 0.6 is 0 Å². The topological polar surface area (TPSA) is 144 Å². The Morgan fingerprint density at radius 2 is 2.12 bits per heavy atom. The van der Waals surface area contributed by atoms with Gasteiger partial charge < -0.3 is 9.84 Å². The molecule has 24 heavy (non-hydrogen) atoms. The first-order valence-corrected chi connectivity index (χ1v) is 8.33. The van der Waals surface area contributed by atoms with Crippen molar-refractivity contribution in [1.82, 2.24) is 19.7 Å². The molecule has 2 heterocycles. The van der Waals surface area contributed by atoms with Crippen LogP contribution in [0.1, 0.15) is 0 Å². The lowest BCUT2D eigenvalue weighted by Crippen LogP contribution is -2.14. The molecule has 0 bridgehead atoms. The van der Waals surface area contributed by atoms with Gasteiger partial charge in [-0.05, 0) is 18.2 Å². The van der Waals surface area contributed by atoms with E-state index in [1.807, 2.05) is 0 Å². The number of hydrogen-bond donors (Lipinski definition) is 2. The number of fused-ring (bicyclic) bond motifs is 1. The van der Waals surface area contributed by atoms with Crippen LogP contribution in [0.3, 0.4) is 0 Å². The van der Waals surface area contributed by atoms with Crippen LogP contribution in [0.15, 0.2) is 40.3 Å². The molecule has 0 aliphatic carbocycles. The van der Waals surface area contributed by atoms with Crippen molar-refractivity contribution in [3.63, 3.8) is 0 Å². The van der Waals surface area contributed by atoms with E-state index in [0.29, 0.717) is 0 Å². The lowest BCUT2D eigenvalue weighted by Gasteiger charge is -2.04. The molecule has 1 aromatic carbocycles. The first-order chi connectivity index (χ1) is 11.2. The zero-order valence-electron chi connectivity index (χ0n) is 12.1. The number of H-pyrrole nitrogens is 1. The van der Waals surface area contributed by atoms with Crippen molar-refractivity contribution in [1.29, 1.82) is 0 Å². The average molecular weight is 350 g/mol. The van der Waals surface area contributed by atoms with Gasteiger partial charge in [0.15, 0.2) is 15.6 Å². The molecule has 0 unspecified atom stereocenters. The predicted molar refractivity (Wildman–Crippen MR) is 81.2 cm³/mol. The monoisotopic (exact) mass is 350 g/mol. The second-order valence-corrected chi connectivity index (χ2v) is 6.84. The molecule has 0 amide bonds. The van der Waals surface area contributed by atoms with E-state index in [1.54, 1.807) is 0 Å². The van der Waals surface area contributed by atoms with E-state index in [2.05, 4.69) is 19.8 Å². The van der Waals surface area contributed by atoms with Crippen molar-refractivity contribution < 1.29 is 23.1 Å². The molecule has 11 heteroatoms. The van der Waals surface area contributed by atoms with E-state index in [-0.39, 0.29) is 27.5 Å². The van der Waals surface area contributed by atoms with Crippen molar-refractivity contribution in [3.05, 3.63) is 40.9 Å². The minimum absolute atomic E-state index is 0.00582. The number of hydrogen-bond acceptors (Lipinski definition) is 7. The summed E-state index contributed by atoms with van der Waals surface area (Å²) in [5, 5.41) is 12.5. The maximum absolute atomic E-state index is 12.2. The third-order valence-electron chi connectivity index (χ3n) is 3.07. The number of benzene rings is 1. The fourth-order valence-corrected chi connectivity index (χ4v) is 2.67. The van der Waals surface area contributed by atoms with Gasteiger partial charge in [0.2, 0.25) is 5.95 Å². The van der Waals surface area contributed by atoms with E-state index in [4.69, 9.17) is 5.11 Å². The Morgan fingerprint density at radius 3 is 2.79 bits per heavy atom. The van der Waals surface area contributed by atoms with Crippen LogP contribution in [-0.2, 0) is 9.84 Å². The number of nitrogens with zero attached hydrogens (tertiary/aromatic N) is 3. The van der Waals surface area contributed by atoms with Crippen LogP contribution in [0, 0.1) is 0 Å². The normalized spacial score (nSPS) is 11.5. The number of rotatable bonds is 3. The number of nitrogens with one attached hydrogen (secondary N) is 1. The lowest BCUT2D eigenvalue weighted by molar-refractivity contribution is 0.144. The van der Waals surface area contributed by atoms with Gasteiger partial charge in [0.1, 0.15) is 0 Å². The molecule has 0 spiro atoms. The van der Waals surface area contributed by atoms with Crippen molar-refractivity contribution in [3.8, 4) is 11.7 Å². The van der Waals surface area contributed by atoms with Crippen LogP contribution in [0.5, 0.6) is 5.75 Å². The fraction of sp³-hybridized carbons (Fsp3) is 0.0769. The lowest BCUT2D eigenvalue weighted by atomic mass is 10.2. The summed E-state index contributed by atoms with van der Waals surface area (Å²) in [5.74, 6) is -0.0162. The van der Waals surface area contributed by atoms with E-state index in [1.165, 1.54) is 24.4 Å². The Morgan fingerprint density at radius 1 is 1.38 bits per heavy atom. The quantitative estimate of drug-likeness (QED) is 0.652. The molecule has 0 atom stereocenters. The summed E-state index contributed by atoms with van der Waals surface area (Å²) in [5.41, 5.74) is -0.297. The molecule has 0 radical (unpaired) electrons. The number of carboxylic acid groups (broad SMARTS) is 1. The maximum atomic E-state index is 12.2. The summed E-state index contributed by atoms with van der Waals surface area (Å²) in [6, 6.07) is 3.99. The second kappa shape index (κ2) is 5.45. The predicted octanol–water partition coefficient (Wildman–Crippen LogP) is 0.569. The summed E-state index contributed by atoms with van der Waals surface area (Å²) < 4.78 is 28.7. The molecule has 2 aromatic heterocycles. The smallest absolute Gasteiger partial charge is 0.449 e. The van der Waals surface area contributed by atoms with Crippen LogP contribution in [0.4, 0.5) is 4.79 Å².